The highest BCUT2D eigenvalue weighted by Gasteiger charge is 2.33. The van der Waals surface area contributed by atoms with E-state index < -0.39 is 23.9 Å². The van der Waals surface area contributed by atoms with Crippen molar-refractivity contribution in [2.75, 3.05) is 19.8 Å². The molecule has 6 N–H and O–H groups in total. The smallest absolute Gasteiger partial charge is 0.280 e. The van der Waals surface area contributed by atoms with Gasteiger partial charge in [-0.2, -0.15) is 4.99 Å². The lowest BCUT2D eigenvalue weighted by Gasteiger charge is -2.38. The molecule has 0 aromatic heterocycles. The number of rotatable bonds is 7. The summed E-state index contributed by atoms with van der Waals surface area (Å²) in [5.74, 6) is -1.13. The van der Waals surface area contributed by atoms with E-state index in [0.717, 1.165) is 5.56 Å². The third-order valence-electron chi connectivity index (χ3n) is 5.02. The van der Waals surface area contributed by atoms with Crippen molar-refractivity contribution in [3.63, 3.8) is 0 Å². The summed E-state index contributed by atoms with van der Waals surface area (Å²) in [6, 6.07) is 10.6. The quantitative estimate of drug-likeness (QED) is 0.303. The standard InChI is InChI=1S/C22H27F2N5O2/c1-22(12-31-13-22)11-27-21(29-20(30)15-4-8-17(24)9-5-15)28-19(26)10-18(25)14-2-6-16(23)7-3-14/h2-9,18-19H,10-13,25-26H2,1H3,(H2,27,28,29,30). The monoisotopic (exact) mass is 431 g/mol. The highest BCUT2D eigenvalue weighted by molar-refractivity contribution is 6.02. The molecule has 2 unspecified atom stereocenters. The molecule has 1 saturated heterocycles. The molecule has 1 fully saturated rings. The van der Waals surface area contributed by atoms with Gasteiger partial charge in [-0.05, 0) is 48.4 Å². The Morgan fingerprint density at radius 3 is 2.23 bits per heavy atom. The zero-order valence-corrected chi connectivity index (χ0v) is 17.3. The Kier molecular flexibility index (Phi) is 7.32. The summed E-state index contributed by atoms with van der Waals surface area (Å²) in [5, 5.41) is 6.11. The Morgan fingerprint density at radius 1 is 1.10 bits per heavy atom. The lowest BCUT2D eigenvalue weighted by Crippen LogP contribution is -2.54. The molecule has 2 aromatic carbocycles. The van der Waals surface area contributed by atoms with E-state index in [1.165, 1.54) is 36.4 Å². The van der Waals surface area contributed by atoms with Crippen LogP contribution in [0.5, 0.6) is 0 Å². The maximum atomic E-state index is 13.1. The van der Waals surface area contributed by atoms with Gasteiger partial charge in [0.25, 0.3) is 5.91 Å². The normalized spacial score (nSPS) is 17.4. The second-order valence-electron chi connectivity index (χ2n) is 8.07. The highest BCUT2D eigenvalue weighted by Crippen LogP contribution is 2.25. The fourth-order valence-corrected chi connectivity index (χ4v) is 3.09. The summed E-state index contributed by atoms with van der Waals surface area (Å²) in [7, 11) is 0. The molecule has 0 saturated carbocycles. The summed E-state index contributed by atoms with van der Waals surface area (Å²) in [6.45, 7) is 3.76. The molecule has 1 amide bonds. The molecular weight excluding hydrogens is 404 g/mol. The number of aliphatic imine (C=N–C) groups is 1. The molecular formula is C22H27F2N5O2. The van der Waals surface area contributed by atoms with Gasteiger partial charge < -0.3 is 26.8 Å². The van der Waals surface area contributed by atoms with Crippen LogP contribution in [0.4, 0.5) is 8.78 Å². The van der Waals surface area contributed by atoms with Gasteiger partial charge in [-0.3, -0.25) is 4.79 Å². The van der Waals surface area contributed by atoms with Crippen molar-refractivity contribution in [3.8, 4) is 0 Å². The van der Waals surface area contributed by atoms with Gasteiger partial charge in [0.05, 0.1) is 19.4 Å². The molecule has 0 bridgehead atoms. The van der Waals surface area contributed by atoms with Crippen molar-refractivity contribution in [2.24, 2.45) is 21.9 Å². The van der Waals surface area contributed by atoms with Crippen LogP contribution in [0.25, 0.3) is 0 Å². The zero-order chi connectivity index (χ0) is 22.4. The van der Waals surface area contributed by atoms with Gasteiger partial charge >= 0.3 is 0 Å². The van der Waals surface area contributed by atoms with Gasteiger partial charge in [0, 0.05) is 23.6 Å². The first-order valence-electron chi connectivity index (χ1n) is 9.97. The zero-order valence-electron chi connectivity index (χ0n) is 17.3. The maximum Gasteiger partial charge on any atom is 0.280 e. The topological polar surface area (TPSA) is 115 Å². The minimum Gasteiger partial charge on any atom is -0.380 e. The molecule has 2 atom stereocenters. The Balaban J connectivity index is 1.67. The molecule has 3 rings (SSSR count). The lowest BCUT2D eigenvalue weighted by molar-refractivity contribution is -0.0971. The number of hydrogen-bond acceptors (Lipinski definition) is 4. The summed E-state index contributed by atoms with van der Waals surface area (Å²) in [4.78, 5) is 16.6. The van der Waals surface area contributed by atoms with Gasteiger partial charge in [0.15, 0.2) is 0 Å². The molecule has 0 spiro atoms. The van der Waals surface area contributed by atoms with Crippen LogP contribution in [0.2, 0.25) is 0 Å². The van der Waals surface area contributed by atoms with Crippen LogP contribution in [-0.4, -0.2) is 37.8 Å². The summed E-state index contributed by atoms with van der Waals surface area (Å²) in [6.07, 6.45) is -0.310. The number of nitrogens with two attached hydrogens (primary N) is 2. The Bertz CT molecular complexity index is 915. The summed E-state index contributed by atoms with van der Waals surface area (Å²) >= 11 is 0. The van der Waals surface area contributed by atoms with Crippen LogP contribution in [0.15, 0.2) is 53.5 Å². The minimum atomic E-state index is -0.627. The van der Waals surface area contributed by atoms with Crippen LogP contribution < -0.4 is 22.1 Å². The number of halogens is 2. The number of carbonyl (C=O) groups is 1. The minimum absolute atomic E-state index is 0.0734. The van der Waals surface area contributed by atoms with Crippen LogP contribution in [0.3, 0.4) is 0 Å². The number of carbonyl (C=O) groups excluding carboxylic acids is 1. The maximum absolute atomic E-state index is 13.1. The SMILES string of the molecule is CC1(CN/C(=N/C(=O)c2ccc(F)cc2)NC(N)CC(N)c2ccc(F)cc2)COC1. The number of ether oxygens (including phenoxy) is 1. The molecule has 2 aromatic rings. The highest BCUT2D eigenvalue weighted by atomic mass is 19.1. The Hall–Kier alpha value is -2.88. The molecule has 9 heteroatoms. The van der Waals surface area contributed by atoms with E-state index in [1.807, 2.05) is 6.92 Å². The van der Waals surface area contributed by atoms with Crippen LogP contribution in [0, 0.1) is 17.0 Å². The summed E-state index contributed by atoms with van der Waals surface area (Å²) < 4.78 is 31.5. The van der Waals surface area contributed by atoms with E-state index in [9.17, 15) is 13.6 Å². The lowest BCUT2D eigenvalue weighted by atomic mass is 9.89. The van der Waals surface area contributed by atoms with Crippen molar-refractivity contribution in [1.82, 2.24) is 10.6 Å². The third kappa shape index (κ3) is 6.55. The van der Waals surface area contributed by atoms with E-state index >= 15 is 0 Å². The first-order chi connectivity index (χ1) is 14.7. The first kappa shape index (κ1) is 22.8. The van der Waals surface area contributed by atoms with Gasteiger partial charge in [0.1, 0.15) is 11.6 Å². The predicted octanol–water partition coefficient (Wildman–Crippen LogP) is 2.05. The van der Waals surface area contributed by atoms with E-state index in [4.69, 9.17) is 16.2 Å². The molecule has 0 aliphatic carbocycles. The number of guanidine groups is 1. The van der Waals surface area contributed by atoms with Crippen molar-refractivity contribution < 1.29 is 18.3 Å². The van der Waals surface area contributed by atoms with Gasteiger partial charge in [-0.25, -0.2) is 8.78 Å². The fraction of sp³-hybridized carbons (Fsp3) is 0.364. The molecule has 166 valence electrons. The molecule has 1 aliphatic rings. The van der Waals surface area contributed by atoms with Gasteiger partial charge in [-0.1, -0.05) is 19.1 Å². The predicted molar refractivity (Wildman–Crippen MR) is 114 cm³/mol. The van der Waals surface area contributed by atoms with Gasteiger partial charge in [0.2, 0.25) is 5.96 Å². The van der Waals surface area contributed by atoms with E-state index in [0.29, 0.717) is 26.2 Å². The van der Waals surface area contributed by atoms with E-state index in [2.05, 4.69) is 15.6 Å². The van der Waals surface area contributed by atoms with Crippen molar-refractivity contribution >= 4 is 11.9 Å². The largest absolute Gasteiger partial charge is 0.380 e. The average Bonchev–Trinajstić information content (AvgIpc) is 2.71. The molecule has 1 heterocycles. The van der Waals surface area contributed by atoms with Crippen molar-refractivity contribution in [3.05, 3.63) is 71.3 Å². The first-order valence-corrected chi connectivity index (χ1v) is 9.97. The number of nitrogens with one attached hydrogen (secondary N) is 2. The average molecular weight is 431 g/mol. The van der Waals surface area contributed by atoms with Gasteiger partial charge in [-0.15, -0.1) is 0 Å². The van der Waals surface area contributed by atoms with Crippen molar-refractivity contribution in [1.29, 1.82) is 0 Å². The summed E-state index contributed by atoms with van der Waals surface area (Å²) in [5.41, 5.74) is 13.3. The second kappa shape index (κ2) is 9.95. The number of amides is 1. The van der Waals surface area contributed by atoms with Crippen LogP contribution in [-0.2, 0) is 4.74 Å². The number of benzene rings is 2. The van der Waals surface area contributed by atoms with Crippen molar-refractivity contribution in [2.45, 2.75) is 25.6 Å². The molecule has 0 radical (unpaired) electrons. The van der Waals surface area contributed by atoms with Crippen LogP contribution in [0.1, 0.15) is 35.3 Å². The number of nitrogens with zero attached hydrogens (tertiary/aromatic N) is 1. The van der Waals surface area contributed by atoms with Crippen LogP contribution >= 0.6 is 0 Å². The molecule has 1 aliphatic heterocycles. The third-order valence-corrected chi connectivity index (χ3v) is 5.02. The fourth-order valence-electron chi connectivity index (χ4n) is 3.09. The van der Waals surface area contributed by atoms with E-state index in [1.54, 1.807) is 12.1 Å². The number of hydrogen-bond donors (Lipinski definition) is 4. The second-order valence-corrected chi connectivity index (χ2v) is 8.07. The Labute approximate surface area is 179 Å². The Morgan fingerprint density at radius 2 is 1.68 bits per heavy atom. The van der Waals surface area contributed by atoms with E-state index in [-0.39, 0.29) is 22.8 Å². The molecule has 31 heavy (non-hydrogen) atoms. The molecule has 7 nitrogen and oxygen atoms in total.